The van der Waals surface area contributed by atoms with Gasteiger partial charge in [0, 0.05) is 0 Å². The second-order valence-corrected chi connectivity index (χ2v) is 5.21. The molecule has 0 aliphatic heterocycles. The van der Waals surface area contributed by atoms with Crippen molar-refractivity contribution in [2.24, 2.45) is 5.73 Å². The summed E-state index contributed by atoms with van der Waals surface area (Å²) in [7, 11) is -3.64. The van der Waals surface area contributed by atoms with Gasteiger partial charge >= 0.3 is 0 Å². The van der Waals surface area contributed by atoms with E-state index < -0.39 is 21.7 Å². The summed E-state index contributed by atoms with van der Waals surface area (Å²) in [5, 5.41) is -0.177. The average molecular weight is 267 g/mol. The van der Waals surface area contributed by atoms with Crippen LogP contribution in [0, 0.1) is 5.82 Å². The van der Waals surface area contributed by atoms with Crippen LogP contribution in [0.5, 0.6) is 0 Å². The first kappa shape index (κ1) is 12.7. The minimum atomic E-state index is -3.64. The third-order valence-electron chi connectivity index (χ3n) is 1.62. The van der Waals surface area contributed by atoms with Gasteiger partial charge in [0.15, 0.2) is 0 Å². The minimum Gasteiger partial charge on any atom is -0.366 e. The quantitative estimate of drug-likeness (QED) is 0.853. The first-order valence-corrected chi connectivity index (χ1v) is 6.24. The number of benzene rings is 1. The predicted molar refractivity (Wildman–Crippen MR) is 58.4 cm³/mol. The number of anilines is 1. The van der Waals surface area contributed by atoms with Crippen LogP contribution in [0.25, 0.3) is 0 Å². The van der Waals surface area contributed by atoms with E-state index >= 15 is 0 Å². The molecule has 0 saturated heterocycles. The highest BCUT2D eigenvalue weighted by atomic mass is 35.5. The van der Waals surface area contributed by atoms with Gasteiger partial charge in [-0.15, -0.1) is 0 Å². The summed E-state index contributed by atoms with van der Waals surface area (Å²) in [6, 6.07) is 1.76. The van der Waals surface area contributed by atoms with Crippen molar-refractivity contribution in [3.8, 4) is 0 Å². The summed E-state index contributed by atoms with van der Waals surface area (Å²) in [5.74, 6) is -1.76. The molecule has 8 heteroatoms. The van der Waals surface area contributed by atoms with E-state index in [2.05, 4.69) is 0 Å². The molecule has 0 unspecified atom stereocenters. The molecule has 0 aliphatic carbocycles. The van der Waals surface area contributed by atoms with Crippen molar-refractivity contribution < 1.29 is 17.6 Å². The topological polar surface area (TPSA) is 89.3 Å². The molecule has 0 bridgehead atoms. The molecule has 5 nitrogen and oxygen atoms in total. The van der Waals surface area contributed by atoms with E-state index in [1.165, 1.54) is 0 Å². The van der Waals surface area contributed by atoms with Gasteiger partial charge in [0.05, 0.1) is 22.5 Å². The molecule has 1 amide bonds. The Bertz CT molecular complexity index is 544. The fraction of sp³-hybridized carbons (Fsp3) is 0.125. The molecule has 0 saturated carbocycles. The summed E-state index contributed by atoms with van der Waals surface area (Å²) in [6.07, 6.45) is 0.852. The first-order valence-electron chi connectivity index (χ1n) is 3.97. The highest BCUT2D eigenvalue weighted by Crippen LogP contribution is 2.24. The lowest BCUT2D eigenvalue weighted by Gasteiger charge is -2.07. The van der Waals surface area contributed by atoms with E-state index in [4.69, 9.17) is 17.3 Å². The number of sulfonamides is 1. The molecule has 0 aliphatic rings. The highest BCUT2D eigenvalue weighted by Gasteiger charge is 2.14. The van der Waals surface area contributed by atoms with Crippen molar-refractivity contribution in [1.82, 2.24) is 0 Å². The maximum Gasteiger partial charge on any atom is 0.250 e. The summed E-state index contributed by atoms with van der Waals surface area (Å²) < 4.78 is 36.9. The molecule has 1 aromatic carbocycles. The second-order valence-electron chi connectivity index (χ2n) is 3.05. The Morgan fingerprint density at radius 2 is 2.06 bits per heavy atom. The van der Waals surface area contributed by atoms with Crippen LogP contribution < -0.4 is 10.5 Å². The molecule has 0 radical (unpaired) electrons. The van der Waals surface area contributed by atoms with Crippen LogP contribution in [0.3, 0.4) is 0 Å². The lowest BCUT2D eigenvalue weighted by molar-refractivity contribution is 0.100. The molecule has 0 fully saturated rings. The van der Waals surface area contributed by atoms with E-state index in [9.17, 15) is 17.6 Å². The van der Waals surface area contributed by atoms with Gasteiger partial charge < -0.3 is 5.73 Å². The molecule has 0 heterocycles. The number of hydrogen-bond acceptors (Lipinski definition) is 3. The van der Waals surface area contributed by atoms with Crippen molar-refractivity contribution >= 4 is 33.2 Å². The molecule has 0 aromatic heterocycles. The van der Waals surface area contributed by atoms with Crippen LogP contribution >= 0.6 is 11.6 Å². The van der Waals surface area contributed by atoms with Crippen molar-refractivity contribution in [2.75, 3.05) is 11.0 Å². The van der Waals surface area contributed by atoms with Crippen molar-refractivity contribution in [3.05, 3.63) is 28.5 Å². The highest BCUT2D eigenvalue weighted by molar-refractivity contribution is 7.92. The minimum absolute atomic E-state index is 0.158. The lowest BCUT2D eigenvalue weighted by Crippen LogP contribution is -2.15. The second kappa shape index (κ2) is 4.26. The van der Waals surface area contributed by atoms with Crippen LogP contribution in [0.4, 0.5) is 10.1 Å². The number of nitrogens with two attached hydrogens (primary N) is 1. The maximum absolute atomic E-state index is 13.3. The Kier molecular flexibility index (Phi) is 3.39. The van der Waals surface area contributed by atoms with Crippen molar-refractivity contribution in [2.45, 2.75) is 0 Å². The Labute approximate surface area is 96.4 Å². The molecule has 3 N–H and O–H groups in total. The van der Waals surface area contributed by atoms with Gasteiger partial charge in [-0.05, 0) is 12.1 Å². The van der Waals surface area contributed by atoms with Gasteiger partial charge in [0.2, 0.25) is 15.9 Å². The monoisotopic (exact) mass is 266 g/mol. The summed E-state index contributed by atoms with van der Waals surface area (Å²) >= 11 is 5.55. The predicted octanol–water partition coefficient (Wildman–Crippen LogP) is 0.950. The van der Waals surface area contributed by atoms with Crippen LogP contribution in [0.15, 0.2) is 12.1 Å². The zero-order chi connectivity index (χ0) is 12.5. The molecule has 0 spiro atoms. The van der Waals surface area contributed by atoms with Crippen LogP contribution in [-0.2, 0) is 10.0 Å². The first-order chi connectivity index (χ1) is 7.20. The van der Waals surface area contributed by atoms with Crippen LogP contribution in [0.1, 0.15) is 10.4 Å². The van der Waals surface area contributed by atoms with Gasteiger partial charge in [-0.2, -0.15) is 0 Å². The van der Waals surface area contributed by atoms with E-state index in [0.717, 1.165) is 18.4 Å². The Hall–Kier alpha value is -1.34. The molecule has 88 valence electrons. The Morgan fingerprint density at radius 1 is 1.50 bits per heavy atom. The zero-order valence-electron chi connectivity index (χ0n) is 8.12. The van der Waals surface area contributed by atoms with Gasteiger partial charge in [0.25, 0.3) is 0 Å². The normalized spacial score (nSPS) is 11.2. The van der Waals surface area contributed by atoms with Crippen LogP contribution in [-0.4, -0.2) is 20.6 Å². The summed E-state index contributed by atoms with van der Waals surface area (Å²) in [5.41, 5.74) is 4.44. The summed E-state index contributed by atoms with van der Waals surface area (Å²) in [4.78, 5) is 10.9. The third kappa shape index (κ3) is 3.07. The van der Waals surface area contributed by atoms with Crippen molar-refractivity contribution in [1.29, 1.82) is 0 Å². The third-order valence-corrected chi connectivity index (χ3v) is 2.52. The SMILES string of the molecule is CS(=O)(=O)Nc1cc(C(N)=O)c(Cl)cc1F. The average Bonchev–Trinajstić information content (AvgIpc) is 2.07. The number of primary amides is 1. The van der Waals surface area contributed by atoms with Gasteiger partial charge in [0.1, 0.15) is 5.82 Å². The van der Waals surface area contributed by atoms with E-state index in [0.29, 0.717) is 0 Å². The van der Waals surface area contributed by atoms with E-state index in [1.54, 1.807) is 0 Å². The maximum atomic E-state index is 13.3. The fourth-order valence-corrected chi connectivity index (χ4v) is 1.82. The number of carbonyl (C=O) groups is 1. The largest absolute Gasteiger partial charge is 0.366 e. The molecule has 16 heavy (non-hydrogen) atoms. The number of rotatable bonds is 3. The standard InChI is InChI=1S/C8H8ClFN2O3S/c1-16(14,15)12-7-2-4(8(11)13)5(9)3-6(7)10/h2-3,12H,1H3,(H2,11,13). The lowest BCUT2D eigenvalue weighted by atomic mass is 10.2. The fourth-order valence-electron chi connectivity index (χ4n) is 1.02. The van der Waals surface area contributed by atoms with Gasteiger partial charge in [-0.3, -0.25) is 9.52 Å². The number of carbonyl (C=O) groups excluding carboxylic acids is 1. The molecule has 1 rings (SSSR count). The Balaban J connectivity index is 3.31. The molecule has 1 aromatic rings. The molecule has 0 atom stereocenters. The number of amides is 1. The molecular weight excluding hydrogens is 259 g/mol. The van der Waals surface area contributed by atoms with Gasteiger partial charge in [-0.25, -0.2) is 12.8 Å². The van der Waals surface area contributed by atoms with Crippen molar-refractivity contribution in [3.63, 3.8) is 0 Å². The number of hydrogen-bond donors (Lipinski definition) is 2. The number of halogens is 2. The smallest absolute Gasteiger partial charge is 0.250 e. The summed E-state index contributed by atoms with van der Waals surface area (Å²) in [6.45, 7) is 0. The number of nitrogens with one attached hydrogen (secondary N) is 1. The van der Waals surface area contributed by atoms with Crippen LogP contribution in [0.2, 0.25) is 5.02 Å². The van der Waals surface area contributed by atoms with E-state index in [-0.39, 0.29) is 16.3 Å². The zero-order valence-corrected chi connectivity index (χ0v) is 9.69. The van der Waals surface area contributed by atoms with E-state index in [1.807, 2.05) is 4.72 Å². The molecular formula is C8H8ClFN2O3S. The van der Waals surface area contributed by atoms with Gasteiger partial charge in [-0.1, -0.05) is 11.6 Å². The Morgan fingerprint density at radius 3 is 2.50 bits per heavy atom.